The summed E-state index contributed by atoms with van der Waals surface area (Å²) in [6.45, 7) is 8.78. The topological polar surface area (TPSA) is 34.4 Å². The second kappa shape index (κ2) is 6.39. The zero-order valence-electron chi connectivity index (χ0n) is 11.8. The van der Waals surface area contributed by atoms with Gasteiger partial charge in [-0.15, -0.1) is 0 Å². The summed E-state index contributed by atoms with van der Waals surface area (Å²) < 4.78 is 11.4. The van der Waals surface area contributed by atoms with Crippen LogP contribution < -0.4 is 5.32 Å². The van der Waals surface area contributed by atoms with Crippen molar-refractivity contribution in [2.45, 2.75) is 59.2 Å². The van der Waals surface area contributed by atoms with Gasteiger partial charge in [-0.2, -0.15) is 0 Å². The van der Waals surface area contributed by atoms with E-state index in [9.17, 15) is 0 Å². The summed E-state index contributed by atoms with van der Waals surface area (Å²) in [5.41, 5.74) is 1.23. The SMILES string of the molecule is Cc1cc(COCCC(C)C)oc1CNC1CC1. The van der Waals surface area contributed by atoms with Gasteiger partial charge in [-0.05, 0) is 43.7 Å². The van der Waals surface area contributed by atoms with E-state index in [2.05, 4.69) is 32.2 Å². The van der Waals surface area contributed by atoms with Crippen molar-refractivity contribution in [3.63, 3.8) is 0 Å². The van der Waals surface area contributed by atoms with Gasteiger partial charge in [0.1, 0.15) is 18.1 Å². The van der Waals surface area contributed by atoms with Gasteiger partial charge in [0, 0.05) is 12.6 Å². The van der Waals surface area contributed by atoms with Crippen molar-refractivity contribution >= 4 is 0 Å². The number of furan rings is 1. The van der Waals surface area contributed by atoms with Crippen LogP contribution in [0, 0.1) is 12.8 Å². The summed E-state index contributed by atoms with van der Waals surface area (Å²) in [7, 11) is 0. The van der Waals surface area contributed by atoms with E-state index in [0.29, 0.717) is 12.5 Å². The van der Waals surface area contributed by atoms with Crippen molar-refractivity contribution in [2.24, 2.45) is 5.92 Å². The maximum atomic E-state index is 5.81. The smallest absolute Gasteiger partial charge is 0.130 e. The van der Waals surface area contributed by atoms with Crippen molar-refractivity contribution in [1.82, 2.24) is 5.32 Å². The van der Waals surface area contributed by atoms with E-state index in [1.807, 2.05) is 0 Å². The number of ether oxygens (including phenoxy) is 1. The highest BCUT2D eigenvalue weighted by Crippen LogP contribution is 2.21. The Morgan fingerprint density at radius 3 is 2.89 bits per heavy atom. The number of rotatable bonds is 8. The quantitative estimate of drug-likeness (QED) is 0.719. The zero-order valence-corrected chi connectivity index (χ0v) is 11.8. The maximum Gasteiger partial charge on any atom is 0.130 e. The molecule has 0 bridgehead atoms. The normalized spacial score (nSPS) is 15.6. The van der Waals surface area contributed by atoms with E-state index in [0.717, 1.165) is 37.1 Å². The minimum absolute atomic E-state index is 0.594. The number of hydrogen-bond acceptors (Lipinski definition) is 3. The fourth-order valence-corrected chi connectivity index (χ4v) is 1.85. The van der Waals surface area contributed by atoms with Crippen LogP contribution in [0.15, 0.2) is 10.5 Å². The maximum absolute atomic E-state index is 5.81. The molecule has 0 saturated heterocycles. The van der Waals surface area contributed by atoms with E-state index in [4.69, 9.17) is 9.15 Å². The third-order valence-corrected chi connectivity index (χ3v) is 3.28. The Morgan fingerprint density at radius 2 is 2.22 bits per heavy atom. The lowest BCUT2D eigenvalue weighted by Crippen LogP contribution is -2.15. The number of hydrogen-bond donors (Lipinski definition) is 1. The fourth-order valence-electron chi connectivity index (χ4n) is 1.85. The van der Waals surface area contributed by atoms with Crippen molar-refractivity contribution in [2.75, 3.05) is 6.61 Å². The average molecular weight is 251 g/mol. The Balaban J connectivity index is 1.72. The van der Waals surface area contributed by atoms with Crippen LogP contribution in [0.1, 0.15) is 50.2 Å². The van der Waals surface area contributed by atoms with Gasteiger partial charge < -0.3 is 14.5 Å². The molecule has 1 aliphatic carbocycles. The molecule has 0 aromatic carbocycles. The standard InChI is InChI=1S/C15H25NO2/c1-11(2)6-7-17-10-14-8-12(3)15(18-14)9-16-13-4-5-13/h8,11,13,16H,4-7,9-10H2,1-3H3. The third kappa shape index (κ3) is 4.46. The Kier molecular flexibility index (Phi) is 4.84. The van der Waals surface area contributed by atoms with Crippen LogP contribution in [0.3, 0.4) is 0 Å². The van der Waals surface area contributed by atoms with Gasteiger partial charge in [0.25, 0.3) is 0 Å². The third-order valence-electron chi connectivity index (χ3n) is 3.28. The molecule has 0 atom stereocenters. The predicted octanol–water partition coefficient (Wildman–Crippen LogP) is 3.40. The Morgan fingerprint density at radius 1 is 1.44 bits per heavy atom. The second-order valence-electron chi connectivity index (χ2n) is 5.71. The van der Waals surface area contributed by atoms with E-state index in [1.165, 1.54) is 18.4 Å². The van der Waals surface area contributed by atoms with E-state index < -0.39 is 0 Å². The van der Waals surface area contributed by atoms with Crippen molar-refractivity contribution in [1.29, 1.82) is 0 Å². The first-order valence-corrected chi connectivity index (χ1v) is 7.04. The molecule has 3 nitrogen and oxygen atoms in total. The molecule has 3 heteroatoms. The first-order chi connectivity index (χ1) is 8.65. The molecule has 1 heterocycles. The van der Waals surface area contributed by atoms with Gasteiger partial charge >= 0.3 is 0 Å². The monoisotopic (exact) mass is 251 g/mol. The van der Waals surface area contributed by atoms with Gasteiger partial charge in [0.05, 0.1) is 6.54 Å². The average Bonchev–Trinajstić information content (AvgIpc) is 3.07. The molecule has 1 aliphatic rings. The Hall–Kier alpha value is -0.800. The summed E-state index contributed by atoms with van der Waals surface area (Å²) in [5.74, 6) is 2.70. The highest BCUT2D eigenvalue weighted by atomic mass is 16.5. The van der Waals surface area contributed by atoms with Crippen LogP contribution in [0.5, 0.6) is 0 Å². The zero-order chi connectivity index (χ0) is 13.0. The predicted molar refractivity (Wildman–Crippen MR) is 72.4 cm³/mol. The van der Waals surface area contributed by atoms with Gasteiger partial charge in [0.2, 0.25) is 0 Å². The summed E-state index contributed by atoms with van der Waals surface area (Å²) >= 11 is 0. The van der Waals surface area contributed by atoms with Gasteiger partial charge in [-0.3, -0.25) is 0 Å². The van der Waals surface area contributed by atoms with Crippen LogP contribution in [-0.2, 0) is 17.9 Å². The number of aryl methyl sites for hydroxylation is 1. The lowest BCUT2D eigenvalue weighted by atomic mass is 10.1. The highest BCUT2D eigenvalue weighted by molar-refractivity contribution is 5.19. The molecular formula is C15H25NO2. The van der Waals surface area contributed by atoms with E-state index in [1.54, 1.807) is 0 Å². The molecule has 0 radical (unpaired) electrons. The molecule has 1 N–H and O–H groups in total. The first-order valence-electron chi connectivity index (χ1n) is 7.04. The highest BCUT2D eigenvalue weighted by Gasteiger charge is 2.21. The van der Waals surface area contributed by atoms with Crippen LogP contribution in [0.25, 0.3) is 0 Å². The first kappa shape index (κ1) is 13.6. The molecule has 18 heavy (non-hydrogen) atoms. The van der Waals surface area contributed by atoms with Crippen LogP contribution in [-0.4, -0.2) is 12.6 Å². The van der Waals surface area contributed by atoms with Gasteiger partial charge in [0.15, 0.2) is 0 Å². The molecule has 102 valence electrons. The van der Waals surface area contributed by atoms with Crippen LogP contribution >= 0.6 is 0 Å². The van der Waals surface area contributed by atoms with E-state index >= 15 is 0 Å². The summed E-state index contributed by atoms with van der Waals surface area (Å²) in [4.78, 5) is 0. The molecule has 0 spiro atoms. The van der Waals surface area contributed by atoms with Gasteiger partial charge in [-0.25, -0.2) is 0 Å². The second-order valence-corrected chi connectivity index (χ2v) is 5.71. The minimum atomic E-state index is 0.594. The Bertz CT molecular complexity index is 367. The van der Waals surface area contributed by atoms with Crippen molar-refractivity contribution in [3.05, 3.63) is 23.2 Å². The molecule has 1 fully saturated rings. The van der Waals surface area contributed by atoms with Gasteiger partial charge in [-0.1, -0.05) is 13.8 Å². The molecular weight excluding hydrogens is 226 g/mol. The van der Waals surface area contributed by atoms with Crippen molar-refractivity contribution < 1.29 is 9.15 Å². The molecule has 0 aliphatic heterocycles. The van der Waals surface area contributed by atoms with E-state index in [-0.39, 0.29) is 0 Å². The van der Waals surface area contributed by atoms with Crippen molar-refractivity contribution in [3.8, 4) is 0 Å². The summed E-state index contributed by atoms with van der Waals surface area (Å²) in [5, 5.41) is 3.47. The minimum Gasteiger partial charge on any atom is -0.462 e. The molecule has 1 saturated carbocycles. The fraction of sp³-hybridized carbons (Fsp3) is 0.733. The molecule has 2 rings (SSSR count). The lowest BCUT2D eigenvalue weighted by molar-refractivity contribution is 0.0960. The lowest BCUT2D eigenvalue weighted by Gasteiger charge is -2.04. The summed E-state index contributed by atoms with van der Waals surface area (Å²) in [6, 6.07) is 2.82. The van der Waals surface area contributed by atoms with Crippen LogP contribution in [0.2, 0.25) is 0 Å². The molecule has 1 aromatic rings. The largest absolute Gasteiger partial charge is 0.462 e. The van der Waals surface area contributed by atoms with Crippen LogP contribution in [0.4, 0.5) is 0 Å². The molecule has 0 amide bonds. The Labute approximate surface area is 110 Å². The summed E-state index contributed by atoms with van der Waals surface area (Å²) in [6.07, 6.45) is 3.73. The molecule has 0 unspecified atom stereocenters. The number of nitrogens with one attached hydrogen (secondary N) is 1. The molecule has 1 aromatic heterocycles.